The van der Waals surface area contributed by atoms with Crippen molar-refractivity contribution in [2.75, 3.05) is 11.6 Å². The summed E-state index contributed by atoms with van der Waals surface area (Å²) in [5, 5.41) is 0.980. The van der Waals surface area contributed by atoms with E-state index in [1.54, 1.807) is 10.9 Å². The summed E-state index contributed by atoms with van der Waals surface area (Å²) >= 11 is 0. The predicted octanol–water partition coefficient (Wildman–Crippen LogP) is 4.02. The van der Waals surface area contributed by atoms with Crippen LogP contribution in [0, 0.1) is 0 Å². The molecule has 4 aromatic rings. The maximum Gasteiger partial charge on any atom is 0.152 e. The van der Waals surface area contributed by atoms with Gasteiger partial charge in [0.15, 0.2) is 5.82 Å². The molecule has 0 saturated heterocycles. The van der Waals surface area contributed by atoms with Gasteiger partial charge in [-0.1, -0.05) is 32.9 Å². The molecular formula is C21H24N6. The largest absolute Gasteiger partial charge is 0.382 e. The second-order valence-electron chi connectivity index (χ2n) is 7.16. The van der Waals surface area contributed by atoms with Crippen molar-refractivity contribution in [2.45, 2.75) is 39.5 Å². The van der Waals surface area contributed by atoms with E-state index in [2.05, 4.69) is 48.9 Å². The van der Waals surface area contributed by atoms with E-state index in [0.29, 0.717) is 11.3 Å². The van der Waals surface area contributed by atoms with Crippen LogP contribution in [-0.4, -0.2) is 19.6 Å². The summed E-state index contributed by atoms with van der Waals surface area (Å²) in [4.78, 5) is 13.7. The zero-order chi connectivity index (χ0) is 19.1. The molecule has 4 rings (SSSR count). The highest BCUT2D eigenvalue weighted by molar-refractivity contribution is 6.09. The summed E-state index contributed by atoms with van der Waals surface area (Å²) in [7, 11) is 0. The summed E-state index contributed by atoms with van der Waals surface area (Å²) in [5.41, 5.74) is 12.0. The smallest absolute Gasteiger partial charge is 0.152 e. The molecule has 0 bridgehead atoms. The molecule has 27 heavy (non-hydrogen) atoms. The fourth-order valence-corrected chi connectivity index (χ4v) is 3.77. The van der Waals surface area contributed by atoms with Crippen molar-refractivity contribution in [2.24, 2.45) is 0 Å². The topological polar surface area (TPSA) is 95.6 Å². The summed E-state index contributed by atoms with van der Waals surface area (Å²) in [6, 6.07) is 8.20. The lowest BCUT2D eigenvalue weighted by atomic mass is 9.90. The molecule has 0 amide bonds. The number of hydrogen-bond acceptors (Lipinski definition) is 5. The number of aromatic nitrogens is 4. The summed E-state index contributed by atoms with van der Waals surface area (Å²) < 4.78 is 1.67. The van der Waals surface area contributed by atoms with Crippen LogP contribution >= 0.6 is 0 Å². The monoisotopic (exact) mass is 360 g/mol. The fraction of sp³-hybridized carbons (Fsp3) is 0.286. The molecule has 3 heterocycles. The lowest BCUT2D eigenvalue weighted by Crippen LogP contribution is -2.13. The first-order chi connectivity index (χ1) is 13.0. The highest BCUT2D eigenvalue weighted by Gasteiger charge is 2.20. The SMILES string of the molecule is CCCc1nc2c(N)nc3c(C(C)C)c(-c4cccnc4)ccc3c2n1N. The molecule has 6 nitrogen and oxygen atoms in total. The molecule has 0 unspecified atom stereocenters. The molecule has 0 atom stereocenters. The molecule has 0 aliphatic heterocycles. The molecule has 4 N–H and O–H groups in total. The average Bonchev–Trinajstić information content (AvgIpc) is 2.99. The highest BCUT2D eigenvalue weighted by Crippen LogP contribution is 2.38. The third-order valence-electron chi connectivity index (χ3n) is 4.95. The van der Waals surface area contributed by atoms with Crippen molar-refractivity contribution >= 4 is 27.8 Å². The van der Waals surface area contributed by atoms with Gasteiger partial charge in [-0.05, 0) is 35.6 Å². The van der Waals surface area contributed by atoms with E-state index in [1.807, 2.05) is 12.3 Å². The quantitative estimate of drug-likeness (QED) is 0.536. The van der Waals surface area contributed by atoms with Crippen LogP contribution in [0.4, 0.5) is 5.82 Å². The van der Waals surface area contributed by atoms with Crippen LogP contribution in [-0.2, 0) is 6.42 Å². The number of nitrogens with two attached hydrogens (primary N) is 2. The molecular weight excluding hydrogens is 336 g/mol. The zero-order valence-electron chi connectivity index (χ0n) is 15.9. The number of fused-ring (bicyclic) bond motifs is 3. The third-order valence-corrected chi connectivity index (χ3v) is 4.95. The normalized spacial score (nSPS) is 11.7. The van der Waals surface area contributed by atoms with Crippen molar-refractivity contribution in [3.05, 3.63) is 48.0 Å². The maximum atomic E-state index is 6.40. The number of rotatable bonds is 4. The number of nitrogens with zero attached hydrogens (tertiary/aromatic N) is 4. The molecule has 0 fully saturated rings. The van der Waals surface area contributed by atoms with Crippen LogP contribution in [0.2, 0.25) is 0 Å². The van der Waals surface area contributed by atoms with Gasteiger partial charge in [0.05, 0.1) is 5.52 Å². The molecule has 0 aliphatic carbocycles. The van der Waals surface area contributed by atoms with Gasteiger partial charge in [-0.15, -0.1) is 0 Å². The Hall–Kier alpha value is -3.15. The van der Waals surface area contributed by atoms with Gasteiger partial charge in [0.1, 0.15) is 16.9 Å². The summed E-state index contributed by atoms with van der Waals surface area (Å²) in [6.07, 6.45) is 5.42. The lowest BCUT2D eigenvalue weighted by Gasteiger charge is -2.17. The molecule has 0 radical (unpaired) electrons. The predicted molar refractivity (Wildman–Crippen MR) is 111 cm³/mol. The van der Waals surface area contributed by atoms with Crippen LogP contribution in [0.15, 0.2) is 36.7 Å². The van der Waals surface area contributed by atoms with Gasteiger partial charge < -0.3 is 11.6 Å². The minimum Gasteiger partial charge on any atom is -0.382 e. The Morgan fingerprint density at radius 3 is 2.59 bits per heavy atom. The van der Waals surface area contributed by atoms with Gasteiger partial charge >= 0.3 is 0 Å². The molecule has 1 aromatic carbocycles. The molecule has 6 heteroatoms. The number of nitrogen functional groups attached to an aromatic ring is 2. The molecule has 0 saturated carbocycles. The van der Waals surface area contributed by atoms with Crippen LogP contribution < -0.4 is 11.6 Å². The standard InChI is InChI=1S/C21H24N6/c1-4-6-16-25-19-20(27(16)23)15-9-8-14(13-7-5-10-24-11-13)17(12(2)3)18(15)26-21(19)22/h5,7-12H,4,6,23H2,1-3H3,(H2,22,26). The van der Waals surface area contributed by atoms with Crippen LogP contribution in [0.5, 0.6) is 0 Å². The van der Waals surface area contributed by atoms with E-state index < -0.39 is 0 Å². The minimum absolute atomic E-state index is 0.262. The first-order valence-corrected chi connectivity index (χ1v) is 9.31. The molecule has 0 aliphatic rings. The Kier molecular flexibility index (Phi) is 4.18. The first-order valence-electron chi connectivity index (χ1n) is 9.31. The van der Waals surface area contributed by atoms with E-state index in [1.165, 1.54) is 0 Å². The summed E-state index contributed by atoms with van der Waals surface area (Å²) in [5.74, 6) is 7.91. The van der Waals surface area contributed by atoms with E-state index in [-0.39, 0.29) is 5.92 Å². The van der Waals surface area contributed by atoms with Crippen molar-refractivity contribution in [1.82, 2.24) is 19.6 Å². The fourth-order valence-electron chi connectivity index (χ4n) is 3.77. The van der Waals surface area contributed by atoms with Gasteiger partial charge in [0.2, 0.25) is 0 Å². The number of anilines is 1. The van der Waals surface area contributed by atoms with Gasteiger partial charge in [-0.25, -0.2) is 14.6 Å². The molecule has 3 aromatic heterocycles. The minimum atomic E-state index is 0.262. The zero-order valence-corrected chi connectivity index (χ0v) is 15.9. The van der Waals surface area contributed by atoms with Crippen molar-refractivity contribution in [1.29, 1.82) is 0 Å². The second-order valence-corrected chi connectivity index (χ2v) is 7.16. The van der Waals surface area contributed by atoms with Crippen LogP contribution in [0.1, 0.15) is 44.5 Å². The summed E-state index contributed by atoms with van der Waals surface area (Å²) in [6.45, 7) is 6.44. The Bertz CT molecular complexity index is 1130. The number of pyridine rings is 2. The second kappa shape index (κ2) is 6.54. The molecule has 0 spiro atoms. The van der Waals surface area contributed by atoms with Gasteiger partial charge in [0.25, 0.3) is 0 Å². The van der Waals surface area contributed by atoms with Gasteiger partial charge in [-0.3, -0.25) is 4.98 Å². The van der Waals surface area contributed by atoms with Crippen molar-refractivity contribution in [3.63, 3.8) is 0 Å². The highest BCUT2D eigenvalue weighted by atomic mass is 15.3. The lowest BCUT2D eigenvalue weighted by molar-refractivity contribution is 0.802. The Balaban J connectivity index is 2.11. The molecule has 138 valence electrons. The third kappa shape index (κ3) is 2.68. The Morgan fingerprint density at radius 1 is 1.11 bits per heavy atom. The number of hydrogen-bond donors (Lipinski definition) is 2. The van der Waals surface area contributed by atoms with Gasteiger partial charge in [0, 0.05) is 29.8 Å². The van der Waals surface area contributed by atoms with E-state index in [9.17, 15) is 0 Å². The van der Waals surface area contributed by atoms with Crippen molar-refractivity contribution < 1.29 is 0 Å². The van der Waals surface area contributed by atoms with E-state index in [4.69, 9.17) is 16.6 Å². The number of aryl methyl sites for hydroxylation is 1. The van der Waals surface area contributed by atoms with E-state index >= 15 is 0 Å². The van der Waals surface area contributed by atoms with Gasteiger partial charge in [-0.2, -0.15) is 0 Å². The van der Waals surface area contributed by atoms with Crippen molar-refractivity contribution in [3.8, 4) is 11.1 Å². The average molecular weight is 360 g/mol. The van der Waals surface area contributed by atoms with E-state index in [0.717, 1.165) is 51.8 Å². The van der Waals surface area contributed by atoms with Crippen LogP contribution in [0.25, 0.3) is 33.1 Å². The first kappa shape index (κ1) is 17.3. The Labute approximate surface area is 158 Å². The Morgan fingerprint density at radius 2 is 1.93 bits per heavy atom. The number of benzene rings is 1. The van der Waals surface area contributed by atoms with Crippen LogP contribution in [0.3, 0.4) is 0 Å². The number of imidazole rings is 1. The maximum absolute atomic E-state index is 6.40.